The fourth-order valence-electron chi connectivity index (χ4n) is 3.40. The Balaban J connectivity index is 1.90. The fourth-order valence-corrected chi connectivity index (χ4v) is 3.40. The molecule has 0 atom stereocenters. The summed E-state index contributed by atoms with van der Waals surface area (Å²) in [4.78, 5) is 24.5. The van der Waals surface area contributed by atoms with E-state index >= 15 is 0 Å². The van der Waals surface area contributed by atoms with Crippen molar-refractivity contribution >= 4 is 22.8 Å². The van der Waals surface area contributed by atoms with Crippen LogP contribution >= 0.6 is 0 Å². The van der Waals surface area contributed by atoms with Crippen molar-refractivity contribution in [2.24, 2.45) is 5.73 Å². The highest BCUT2D eigenvalue weighted by atomic mass is 16.4. The van der Waals surface area contributed by atoms with E-state index in [0.29, 0.717) is 16.9 Å². The fraction of sp³-hybridized carbons (Fsp3) is 0.381. The first kappa shape index (κ1) is 18.4. The molecule has 0 radical (unpaired) electrons. The van der Waals surface area contributed by atoms with Crippen LogP contribution in [0, 0.1) is 6.92 Å². The summed E-state index contributed by atoms with van der Waals surface area (Å²) >= 11 is 0. The number of aromatic nitrogens is 3. The van der Waals surface area contributed by atoms with Crippen LogP contribution in [0.5, 0.6) is 0 Å². The smallest absolute Gasteiger partial charge is 0.337 e. The second-order valence-electron chi connectivity index (χ2n) is 8.64. The zero-order chi connectivity index (χ0) is 20.3. The highest BCUT2D eigenvalue weighted by Gasteiger charge is 2.44. The third kappa shape index (κ3) is 3.22. The number of hydrogen-bond donors (Lipinski definition) is 4. The summed E-state index contributed by atoms with van der Waals surface area (Å²) in [6, 6.07) is 7.38. The standard InChI is InChI=1S/C21H25N5O2/c1-11-18(26-20(2,3)4)25-16-12(6-5-7-14(16)23-11)15-10-13(19(27)28)17(24-15)21(22)8-9-21/h5-7,10,24H,8-9,22H2,1-4H3,(H,25,26)(H,27,28). The van der Waals surface area contributed by atoms with Crippen molar-refractivity contribution in [3.05, 3.63) is 41.2 Å². The summed E-state index contributed by atoms with van der Waals surface area (Å²) in [5.41, 5.74) is 10.2. The number of carboxylic acid groups (broad SMARTS) is 1. The van der Waals surface area contributed by atoms with Crippen LogP contribution in [0.2, 0.25) is 0 Å². The molecule has 0 spiro atoms. The summed E-state index contributed by atoms with van der Waals surface area (Å²) in [6.07, 6.45) is 1.56. The SMILES string of the molecule is Cc1nc2cccc(-c3cc(C(=O)O)c(C4(N)CC4)[nH]3)c2nc1NC(C)(C)C. The number of benzene rings is 1. The number of aromatic amines is 1. The predicted molar refractivity (Wildman–Crippen MR) is 109 cm³/mol. The van der Waals surface area contributed by atoms with Crippen molar-refractivity contribution in [1.82, 2.24) is 15.0 Å². The van der Waals surface area contributed by atoms with Crippen molar-refractivity contribution in [3.8, 4) is 11.3 Å². The first-order valence-corrected chi connectivity index (χ1v) is 9.39. The lowest BCUT2D eigenvalue weighted by Crippen LogP contribution is -2.27. The number of aryl methyl sites for hydroxylation is 1. The molecule has 28 heavy (non-hydrogen) atoms. The molecular weight excluding hydrogens is 354 g/mol. The molecule has 0 aliphatic heterocycles. The monoisotopic (exact) mass is 379 g/mol. The van der Waals surface area contributed by atoms with Gasteiger partial charge in [-0.2, -0.15) is 0 Å². The minimum atomic E-state index is -0.980. The van der Waals surface area contributed by atoms with Crippen molar-refractivity contribution in [1.29, 1.82) is 0 Å². The van der Waals surface area contributed by atoms with E-state index in [9.17, 15) is 9.90 Å². The number of carboxylic acids is 1. The predicted octanol–water partition coefficient (Wildman–Crippen LogP) is 3.79. The molecule has 0 saturated heterocycles. The van der Waals surface area contributed by atoms with Gasteiger partial charge in [0.2, 0.25) is 0 Å². The van der Waals surface area contributed by atoms with Crippen molar-refractivity contribution in [2.75, 3.05) is 5.32 Å². The second kappa shape index (κ2) is 6.04. The quantitative estimate of drug-likeness (QED) is 0.548. The third-order valence-electron chi connectivity index (χ3n) is 4.99. The van der Waals surface area contributed by atoms with E-state index in [2.05, 4.69) is 31.1 Å². The molecule has 2 aromatic heterocycles. The first-order chi connectivity index (χ1) is 13.1. The molecule has 0 bridgehead atoms. The number of carbonyl (C=O) groups is 1. The topological polar surface area (TPSA) is 117 Å². The summed E-state index contributed by atoms with van der Waals surface area (Å²) in [5.74, 6) is -0.262. The molecule has 1 saturated carbocycles. The average molecular weight is 379 g/mol. The molecule has 1 fully saturated rings. The Morgan fingerprint density at radius 1 is 1.29 bits per heavy atom. The lowest BCUT2D eigenvalue weighted by atomic mass is 10.1. The minimum absolute atomic E-state index is 0.157. The van der Waals surface area contributed by atoms with Crippen LogP contribution in [0.1, 0.15) is 55.4 Å². The number of aromatic carboxylic acids is 1. The van der Waals surface area contributed by atoms with E-state index in [-0.39, 0.29) is 11.1 Å². The van der Waals surface area contributed by atoms with Gasteiger partial charge in [-0.1, -0.05) is 12.1 Å². The zero-order valence-electron chi connectivity index (χ0n) is 16.6. The molecule has 2 heterocycles. The van der Waals surface area contributed by atoms with Gasteiger partial charge in [-0.05, 0) is 52.7 Å². The van der Waals surface area contributed by atoms with E-state index < -0.39 is 11.5 Å². The summed E-state index contributed by atoms with van der Waals surface area (Å²) in [5, 5.41) is 13.0. The van der Waals surface area contributed by atoms with Gasteiger partial charge in [0.1, 0.15) is 11.3 Å². The molecule has 1 aliphatic carbocycles. The molecular formula is C21H25N5O2. The van der Waals surface area contributed by atoms with Gasteiger partial charge in [0.05, 0.1) is 28.0 Å². The van der Waals surface area contributed by atoms with Crippen LogP contribution in [0.3, 0.4) is 0 Å². The van der Waals surface area contributed by atoms with E-state index in [1.54, 1.807) is 6.07 Å². The number of fused-ring (bicyclic) bond motifs is 1. The number of nitrogens with zero attached hydrogens (tertiary/aromatic N) is 2. The number of nitrogens with one attached hydrogen (secondary N) is 2. The molecule has 1 aliphatic rings. The number of nitrogens with two attached hydrogens (primary N) is 1. The molecule has 3 aromatic rings. The van der Waals surface area contributed by atoms with E-state index in [4.69, 9.17) is 15.7 Å². The van der Waals surface area contributed by atoms with Gasteiger partial charge in [-0.3, -0.25) is 0 Å². The second-order valence-corrected chi connectivity index (χ2v) is 8.64. The number of para-hydroxylation sites is 1. The van der Waals surface area contributed by atoms with E-state index in [0.717, 1.165) is 35.4 Å². The van der Waals surface area contributed by atoms with Crippen molar-refractivity contribution < 1.29 is 9.90 Å². The normalized spacial score (nSPS) is 15.6. The van der Waals surface area contributed by atoms with Crippen LogP contribution in [0.15, 0.2) is 24.3 Å². The molecule has 7 heteroatoms. The maximum atomic E-state index is 11.7. The Morgan fingerprint density at radius 2 is 2.00 bits per heavy atom. The van der Waals surface area contributed by atoms with Crippen LogP contribution in [0.25, 0.3) is 22.3 Å². The van der Waals surface area contributed by atoms with Gasteiger partial charge in [0.25, 0.3) is 0 Å². The highest BCUT2D eigenvalue weighted by Crippen LogP contribution is 2.45. The Hall–Kier alpha value is -2.93. The van der Waals surface area contributed by atoms with E-state index in [1.165, 1.54) is 0 Å². The molecule has 4 rings (SSSR count). The average Bonchev–Trinajstić information content (AvgIpc) is 3.17. The Kier molecular flexibility index (Phi) is 3.97. The van der Waals surface area contributed by atoms with Gasteiger partial charge in [-0.15, -0.1) is 0 Å². The van der Waals surface area contributed by atoms with Crippen LogP contribution in [-0.2, 0) is 5.54 Å². The lowest BCUT2D eigenvalue weighted by molar-refractivity contribution is 0.0695. The first-order valence-electron chi connectivity index (χ1n) is 9.39. The Labute approximate surface area is 163 Å². The number of hydrogen-bond acceptors (Lipinski definition) is 5. The maximum absolute atomic E-state index is 11.7. The van der Waals surface area contributed by atoms with Crippen molar-refractivity contribution in [2.45, 2.75) is 51.6 Å². The maximum Gasteiger partial charge on any atom is 0.337 e. The number of rotatable bonds is 4. The summed E-state index contributed by atoms with van der Waals surface area (Å²) in [7, 11) is 0. The van der Waals surface area contributed by atoms with Gasteiger partial charge < -0.3 is 21.1 Å². The minimum Gasteiger partial charge on any atom is -0.478 e. The number of anilines is 1. The Bertz CT molecular complexity index is 1090. The molecule has 5 N–H and O–H groups in total. The third-order valence-corrected chi connectivity index (χ3v) is 4.99. The summed E-state index contributed by atoms with van der Waals surface area (Å²) < 4.78 is 0. The Morgan fingerprint density at radius 3 is 2.61 bits per heavy atom. The van der Waals surface area contributed by atoms with Crippen LogP contribution < -0.4 is 11.1 Å². The summed E-state index contributed by atoms with van der Waals surface area (Å²) in [6.45, 7) is 8.12. The highest BCUT2D eigenvalue weighted by molar-refractivity contribution is 5.96. The molecule has 7 nitrogen and oxygen atoms in total. The van der Waals surface area contributed by atoms with Crippen molar-refractivity contribution in [3.63, 3.8) is 0 Å². The van der Waals surface area contributed by atoms with Gasteiger partial charge in [0, 0.05) is 16.8 Å². The molecule has 1 aromatic carbocycles. The van der Waals surface area contributed by atoms with Crippen LogP contribution in [-0.4, -0.2) is 31.6 Å². The molecule has 0 unspecified atom stereocenters. The lowest BCUT2D eigenvalue weighted by Gasteiger charge is -2.22. The zero-order valence-corrected chi connectivity index (χ0v) is 16.6. The number of H-pyrrole nitrogens is 1. The van der Waals surface area contributed by atoms with Gasteiger partial charge in [-0.25, -0.2) is 14.8 Å². The van der Waals surface area contributed by atoms with Gasteiger partial charge >= 0.3 is 5.97 Å². The van der Waals surface area contributed by atoms with Gasteiger partial charge in [0.15, 0.2) is 0 Å². The largest absolute Gasteiger partial charge is 0.478 e. The van der Waals surface area contributed by atoms with Crippen LogP contribution in [0.4, 0.5) is 5.82 Å². The molecule has 0 amide bonds. The van der Waals surface area contributed by atoms with E-state index in [1.807, 2.05) is 25.1 Å². The molecule has 146 valence electrons.